The van der Waals surface area contributed by atoms with E-state index in [-0.39, 0.29) is 30.7 Å². The fraction of sp³-hybridized carbons (Fsp3) is 0.370. The van der Waals surface area contributed by atoms with E-state index < -0.39 is 23.9 Å². The molecule has 196 valence electrons. The van der Waals surface area contributed by atoms with Gasteiger partial charge in [-0.25, -0.2) is 14.0 Å². The monoisotopic (exact) mass is 528 g/mol. The van der Waals surface area contributed by atoms with Crippen molar-refractivity contribution in [3.8, 4) is 0 Å². The van der Waals surface area contributed by atoms with Crippen molar-refractivity contribution in [3.05, 3.63) is 81.8 Å². The van der Waals surface area contributed by atoms with Gasteiger partial charge in [0.25, 0.3) is 5.91 Å². The Hall–Kier alpha value is -3.43. The molecule has 0 radical (unpaired) electrons. The zero-order valence-electron chi connectivity index (χ0n) is 21.0. The minimum Gasteiger partial charge on any atom is -0.463 e. The average Bonchev–Trinajstić information content (AvgIpc) is 2.87. The molecular formula is C27H30ClFN4O4. The third-order valence-electron chi connectivity index (χ3n) is 6.69. The normalized spacial score (nSPS) is 20.6. The van der Waals surface area contributed by atoms with Crippen LogP contribution < -0.4 is 5.32 Å². The van der Waals surface area contributed by atoms with Crippen LogP contribution in [0.4, 0.5) is 9.18 Å². The van der Waals surface area contributed by atoms with Gasteiger partial charge in [-0.3, -0.25) is 14.6 Å². The molecule has 2 aliphatic rings. The molecule has 2 aromatic rings. The second kappa shape index (κ2) is 11.3. The SMILES string of the molecule is CCOC(=O)C1=C(CN2CCN(C(=O)c3ccc(Cl)cc3)C(C)C2)N(C)C(=O)NC1c1cccc(F)c1. The van der Waals surface area contributed by atoms with Crippen molar-refractivity contribution in [1.82, 2.24) is 20.0 Å². The third-order valence-corrected chi connectivity index (χ3v) is 6.94. The first-order valence-corrected chi connectivity index (χ1v) is 12.6. The fourth-order valence-electron chi connectivity index (χ4n) is 4.78. The predicted octanol–water partition coefficient (Wildman–Crippen LogP) is 3.84. The Morgan fingerprint density at radius 1 is 1.16 bits per heavy atom. The van der Waals surface area contributed by atoms with Crippen LogP contribution in [0.2, 0.25) is 5.02 Å². The molecule has 0 aliphatic carbocycles. The number of piperazine rings is 1. The molecule has 2 aliphatic heterocycles. The molecule has 1 saturated heterocycles. The molecule has 10 heteroatoms. The smallest absolute Gasteiger partial charge is 0.338 e. The summed E-state index contributed by atoms with van der Waals surface area (Å²) in [5.74, 6) is -1.11. The first kappa shape index (κ1) is 26.6. The summed E-state index contributed by atoms with van der Waals surface area (Å²) < 4.78 is 19.4. The number of hydrogen-bond acceptors (Lipinski definition) is 5. The standard InChI is InChI=1S/C27H30ClFN4O4/c1-4-37-26(35)23-22(31(3)27(36)30-24(23)19-6-5-7-21(29)14-19)16-32-12-13-33(17(2)15-32)25(34)18-8-10-20(28)11-9-18/h5-11,14,17,24H,4,12-13,15-16H2,1-3H3,(H,30,36). The van der Waals surface area contributed by atoms with E-state index in [9.17, 15) is 18.8 Å². The molecule has 4 rings (SSSR count). The topological polar surface area (TPSA) is 82.2 Å². The van der Waals surface area contributed by atoms with E-state index in [0.717, 1.165) is 0 Å². The lowest BCUT2D eigenvalue weighted by Gasteiger charge is -2.42. The van der Waals surface area contributed by atoms with Gasteiger partial charge in [0.1, 0.15) is 5.82 Å². The van der Waals surface area contributed by atoms with Gasteiger partial charge in [0, 0.05) is 55.6 Å². The highest BCUT2D eigenvalue weighted by atomic mass is 35.5. The Bertz CT molecular complexity index is 1220. The van der Waals surface area contributed by atoms with E-state index in [4.69, 9.17) is 16.3 Å². The van der Waals surface area contributed by atoms with Crippen molar-refractivity contribution in [1.29, 1.82) is 0 Å². The summed E-state index contributed by atoms with van der Waals surface area (Å²) in [7, 11) is 1.59. The molecule has 2 heterocycles. The van der Waals surface area contributed by atoms with E-state index in [1.807, 2.05) is 11.8 Å². The molecule has 3 amide bonds. The van der Waals surface area contributed by atoms with Gasteiger partial charge in [-0.15, -0.1) is 0 Å². The molecule has 37 heavy (non-hydrogen) atoms. The van der Waals surface area contributed by atoms with Gasteiger partial charge < -0.3 is 15.0 Å². The van der Waals surface area contributed by atoms with Crippen molar-refractivity contribution in [3.63, 3.8) is 0 Å². The minimum atomic E-state index is -0.848. The van der Waals surface area contributed by atoms with Crippen LogP contribution in [0.15, 0.2) is 59.8 Å². The maximum atomic E-state index is 14.0. The van der Waals surface area contributed by atoms with Crippen molar-refractivity contribution in [2.24, 2.45) is 0 Å². The number of carbonyl (C=O) groups is 3. The van der Waals surface area contributed by atoms with E-state index in [2.05, 4.69) is 10.2 Å². The van der Waals surface area contributed by atoms with Gasteiger partial charge >= 0.3 is 12.0 Å². The molecule has 1 fully saturated rings. The molecule has 8 nitrogen and oxygen atoms in total. The number of likely N-dealkylation sites (N-methyl/N-ethyl adjacent to an activating group) is 1. The number of urea groups is 1. The van der Waals surface area contributed by atoms with Crippen LogP contribution >= 0.6 is 11.6 Å². The quantitative estimate of drug-likeness (QED) is 0.576. The molecule has 1 N–H and O–H groups in total. The summed E-state index contributed by atoms with van der Waals surface area (Å²) in [5, 5.41) is 3.37. The molecule has 2 atom stereocenters. The highest BCUT2D eigenvalue weighted by molar-refractivity contribution is 6.30. The number of halogens is 2. The van der Waals surface area contributed by atoms with E-state index in [0.29, 0.717) is 41.5 Å². The van der Waals surface area contributed by atoms with Gasteiger partial charge in [-0.2, -0.15) is 0 Å². The Morgan fingerprint density at radius 2 is 1.89 bits per heavy atom. The first-order valence-electron chi connectivity index (χ1n) is 12.2. The summed E-state index contributed by atoms with van der Waals surface area (Å²) in [5.41, 5.74) is 1.77. The van der Waals surface area contributed by atoms with Gasteiger partial charge in [0.2, 0.25) is 0 Å². The van der Waals surface area contributed by atoms with Crippen LogP contribution in [0.3, 0.4) is 0 Å². The maximum absolute atomic E-state index is 14.0. The van der Waals surface area contributed by atoms with Gasteiger partial charge in [-0.1, -0.05) is 23.7 Å². The number of benzene rings is 2. The highest BCUT2D eigenvalue weighted by Gasteiger charge is 2.38. The molecule has 0 saturated carbocycles. The summed E-state index contributed by atoms with van der Waals surface area (Å²) in [6, 6.07) is 11.3. The predicted molar refractivity (Wildman–Crippen MR) is 137 cm³/mol. The largest absolute Gasteiger partial charge is 0.463 e. The summed E-state index contributed by atoms with van der Waals surface area (Å²) in [6.07, 6.45) is 0. The lowest BCUT2D eigenvalue weighted by molar-refractivity contribution is -0.139. The van der Waals surface area contributed by atoms with E-state index in [1.165, 1.54) is 23.1 Å². The Kier molecular flexibility index (Phi) is 8.14. The Balaban J connectivity index is 1.59. The number of hydrogen-bond donors (Lipinski definition) is 1. The van der Waals surface area contributed by atoms with Gasteiger partial charge in [0.05, 0.1) is 18.2 Å². The van der Waals surface area contributed by atoms with Gasteiger partial charge in [0.15, 0.2) is 0 Å². The Labute approximate surface area is 220 Å². The van der Waals surface area contributed by atoms with Crippen molar-refractivity contribution in [2.75, 3.05) is 39.8 Å². The summed E-state index contributed by atoms with van der Waals surface area (Å²) >= 11 is 5.96. The number of rotatable bonds is 6. The third kappa shape index (κ3) is 5.78. The van der Waals surface area contributed by atoms with Crippen LogP contribution in [-0.2, 0) is 9.53 Å². The lowest BCUT2D eigenvalue weighted by atomic mass is 9.94. The molecule has 2 unspecified atom stereocenters. The summed E-state index contributed by atoms with van der Waals surface area (Å²) in [4.78, 5) is 44.4. The zero-order chi connectivity index (χ0) is 26.7. The molecule has 0 spiro atoms. The van der Waals surface area contributed by atoms with Crippen molar-refractivity contribution < 1.29 is 23.5 Å². The van der Waals surface area contributed by atoms with Crippen LogP contribution in [0, 0.1) is 5.82 Å². The second-order valence-corrected chi connectivity index (χ2v) is 9.60. The fourth-order valence-corrected chi connectivity index (χ4v) is 4.91. The first-order chi connectivity index (χ1) is 17.7. The van der Waals surface area contributed by atoms with Gasteiger partial charge in [-0.05, 0) is 55.8 Å². The number of esters is 1. The van der Waals surface area contributed by atoms with Crippen LogP contribution in [0.25, 0.3) is 0 Å². The van der Waals surface area contributed by atoms with E-state index in [1.54, 1.807) is 44.3 Å². The van der Waals surface area contributed by atoms with Crippen LogP contribution in [0.5, 0.6) is 0 Å². The summed E-state index contributed by atoms with van der Waals surface area (Å²) in [6.45, 7) is 5.69. The minimum absolute atomic E-state index is 0.0735. The van der Waals surface area contributed by atoms with Crippen LogP contribution in [0.1, 0.15) is 35.8 Å². The molecular weight excluding hydrogens is 499 g/mol. The lowest BCUT2D eigenvalue weighted by Crippen LogP contribution is -2.56. The Morgan fingerprint density at radius 3 is 2.54 bits per heavy atom. The number of amides is 3. The average molecular weight is 529 g/mol. The number of ether oxygens (including phenoxy) is 1. The number of carbonyl (C=O) groups excluding carboxylic acids is 3. The molecule has 0 bridgehead atoms. The zero-order valence-corrected chi connectivity index (χ0v) is 21.8. The maximum Gasteiger partial charge on any atom is 0.338 e. The second-order valence-electron chi connectivity index (χ2n) is 9.17. The molecule has 0 aromatic heterocycles. The van der Waals surface area contributed by atoms with Crippen molar-refractivity contribution >= 4 is 29.5 Å². The van der Waals surface area contributed by atoms with Crippen LogP contribution in [-0.4, -0.2) is 78.5 Å². The van der Waals surface area contributed by atoms with E-state index >= 15 is 0 Å². The highest BCUT2D eigenvalue weighted by Crippen LogP contribution is 2.32. The number of nitrogens with one attached hydrogen (secondary N) is 1. The molecule has 2 aromatic carbocycles. The van der Waals surface area contributed by atoms with Crippen molar-refractivity contribution in [2.45, 2.75) is 25.9 Å². The number of nitrogens with zero attached hydrogens (tertiary/aromatic N) is 3.